The number of fused-ring (bicyclic) bond motifs is 1. The number of carbonyl (C=O) groups excluding carboxylic acids is 2. The van der Waals surface area contributed by atoms with Gasteiger partial charge in [0.15, 0.2) is 0 Å². The summed E-state index contributed by atoms with van der Waals surface area (Å²) in [6.07, 6.45) is 7.35. The van der Waals surface area contributed by atoms with Gasteiger partial charge < -0.3 is 14.5 Å². The van der Waals surface area contributed by atoms with Crippen LogP contribution in [0.25, 0.3) is 10.9 Å². The Morgan fingerprint density at radius 3 is 2.60 bits per heavy atom. The Bertz CT molecular complexity index is 792. The van der Waals surface area contributed by atoms with Gasteiger partial charge in [-0.05, 0) is 30.0 Å². The molecule has 1 aromatic heterocycles. The first kappa shape index (κ1) is 17.8. The number of rotatable bonds is 5. The zero-order valence-corrected chi connectivity index (χ0v) is 15.2. The molecule has 1 fully saturated rings. The fourth-order valence-electron chi connectivity index (χ4n) is 3.79. The minimum absolute atomic E-state index is 0.235. The van der Waals surface area contributed by atoms with E-state index in [1.54, 1.807) is 12.1 Å². The third-order valence-electron chi connectivity index (χ3n) is 5.11. The maximum Gasteiger partial charge on any atom is 0.339 e. The van der Waals surface area contributed by atoms with Crippen molar-refractivity contribution in [3.05, 3.63) is 34.5 Å². The van der Waals surface area contributed by atoms with Gasteiger partial charge in [-0.2, -0.15) is 0 Å². The molecule has 6 heteroatoms. The fraction of sp³-hybridized carbons (Fsp3) is 0.474. The molecule has 1 unspecified atom stereocenters. The molecule has 0 bridgehead atoms. The Morgan fingerprint density at radius 2 is 1.96 bits per heavy atom. The molecule has 0 saturated heterocycles. The zero-order valence-electron chi connectivity index (χ0n) is 14.4. The SMILES string of the molecule is COC(=O)c1cc2[nH]cc(C(CC3CCCC3)C(=O)OC)c2cc1Cl. The molecule has 2 aromatic rings. The monoisotopic (exact) mass is 363 g/mol. The number of aromatic amines is 1. The molecule has 0 amide bonds. The highest BCUT2D eigenvalue weighted by molar-refractivity contribution is 6.34. The minimum Gasteiger partial charge on any atom is -0.469 e. The number of hydrogen-bond donors (Lipinski definition) is 1. The largest absolute Gasteiger partial charge is 0.469 e. The van der Waals surface area contributed by atoms with Crippen LogP contribution in [0.5, 0.6) is 0 Å². The molecule has 134 valence electrons. The molecule has 1 N–H and O–H groups in total. The summed E-state index contributed by atoms with van der Waals surface area (Å²) >= 11 is 6.26. The molecule has 3 rings (SSSR count). The second-order valence-electron chi connectivity index (χ2n) is 6.58. The van der Waals surface area contributed by atoms with E-state index in [0.717, 1.165) is 35.7 Å². The van der Waals surface area contributed by atoms with Gasteiger partial charge in [0.2, 0.25) is 0 Å². The average molecular weight is 364 g/mol. The van der Waals surface area contributed by atoms with E-state index in [2.05, 4.69) is 4.98 Å². The first-order chi connectivity index (χ1) is 12.0. The van der Waals surface area contributed by atoms with Crippen LogP contribution >= 0.6 is 11.6 Å². The summed E-state index contributed by atoms with van der Waals surface area (Å²) in [5.74, 6) is -0.514. The average Bonchev–Trinajstić information content (AvgIpc) is 3.27. The van der Waals surface area contributed by atoms with Gasteiger partial charge in [-0.3, -0.25) is 4.79 Å². The molecule has 25 heavy (non-hydrogen) atoms. The maximum atomic E-state index is 12.4. The highest BCUT2D eigenvalue weighted by Crippen LogP contribution is 2.38. The number of ether oxygens (including phenoxy) is 2. The third-order valence-corrected chi connectivity index (χ3v) is 5.42. The molecule has 1 aromatic carbocycles. The van der Waals surface area contributed by atoms with Crippen molar-refractivity contribution in [3.63, 3.8) is 0 Å². The lowest BCUT2D eigenvalue weighted by Crippen LogP contribution is -2.17. The lowest BCUT2D eigenvalue weighted by Gasteiger charge is -2.18. The van der Waals surface area contributed by atoms with Crippen LogP contribution < -0.4 is 0 Å². The van der Waals surface area contributed by atoms with Crippen LogP contribution in [0, 0.1) is 5.92 Å². The lowest BCUT2D eigenvalue weighted by molar-refractivity contribution is -0.142. The minimum atomic E-state index is -0.487. The van der Waals surface area contributed by atoms with Gasteiger partial charge in [0.25, 0.3) is 0 Å². The van der Waals surface area contributed by atoms with E-state index in [1.165, 1.54) is 27.1 Å². The van der Waals surface area contributed by atoms with E-state index in [9.17, 15) is 9.59 Å². The number of aromatic nitrogens is 1. The summed E-state index contributed by atoms with van der Waals surface area (Å²) in [5, 5.41) is 1.15. The molecule has 1 aliphatic rings. The Kier molecular flexibility index (Phi) is 5.33. The van der Waals surface area contributed by atoms with Gasteiger partial charge in [-0.1, -0.05) is 37.3 Å². The number of halogens is 1. The van der Waals surface area contributed by atoms with Crippen molar-refractivity contribution in [2.45, 2.75) is 38.0 Å². The predicted octanol–water partition coefficient (Wildman–Crippen LogP) is 4.44. The number of hydrogen-bond acceptors (Lipinski definition) is 4. The van der Waals surface area contributed by atoms with Crippen molar-refractivity contribution in [1.82, 2.24) is 4.98 Å². The molecule has 1 heterocycles. The Balaban J connectivity index is 2.00. The second-order valence-corrected chi connectivity index (χ2v) is 6.98. The Hall–Kier alpha value is -2.01. The molecule has 0 spiro atoms. The zero-order chi connectivity index (χ0) is 18.0. The van der Waals surface area contributed by atoms with Crippen LogP contribution in [0.3, 0.4) is 0 Å². The first-order valence-electron chi connectivity index (χ1n) is 8.51. The van der Waals surface area contributed by atoms with Gasteiger partial charge in [-0.15, -0.1) is 0 Å². The summed E-state index contributed by atoms with van der Waals surface area (Å²) < 4.78 is 9.80. The van der Waals surface area contributed by atoms with E-state index < -0.39 is 5.97 Å². The van der Waals surface area contributed by atoms with E-state index in [-0.39, 0.29) is 11.9 Å². The van der Waals surface area contributed by atoms with E-state index in [1.807, 2.05) is 6.20 Å². The van der Waals surface area contributed by atoms with Gasteiger partial charge in [-0.25, -0.2) is 4.79 Å². The van der Waals surface area contributed by atoms with Crippen molar-refractivity contribution in [1.29, 1.82) is 0 Å². The maximum absolute atomic E-state index is 12.4. The topological polar surface area (TPSA) is 68.4 Å². The van der Waals surface area contributed by atoms with Crippen LogP contribution in [-0.4, -0.2) is 31.1 Å². The smallest absolute Gasteiger partial charge is 0.339 e. The molecule has 1 aliphatic carbocycles. The highest BCUT2D eigenvalue weighted by atomic mass is 35.5. The van der Waals surface area contributed by atoms with Crippen molar-refractivity contribution in [2.75, 3.05) is 14.2 Å². The van der Waals surface area contributed by atoms with Crippen molar-refractivity contribution >= 4 is 34.4 Å². The van der Waals surface area contributed by atoms with E-state index in [4.69, 9.17) is 21.1 Å². The number of H-pyrrole nitrogens is 1. The Morgan fingerprint density at radius 1 is 1.24 bits per heavy atom. The molecular formula is C19H22ClNO4. The number of esters is 2. The summed E-state index contributed by atoms with van der Waals surface area (Å²) in [5.41, 5.74) is 1.92. The number of nitrogens with one attached hydrogen (secondary N) is 1. The molecule has 0 radical (unpaired) electrons. The molecule has 5 nitrogen and oxygen atoms in total. The van der Waals surface area contributed by atoms with E-state index >= 15 is 0 Å². The van der Waals surface area contributed by atoms with E-state index in [0.29, 0.717) is 16.5 Å². The lowest BCUT2D eigenvalue weighted by atomic mass is 9.87. The van der Waals surface area contributed by atoms with Gasteiger partial charge in [0, 0.05) is 17.1 Å². The molecular weight excluding hydrogens is 342 g/mol. The van der Waals surface area contributed by atoms with Gasteiger partial charge in [0.1, 0.15) is 0 Å². The summed E-state index contributed by atoms with van der Waals surface area (Å²) in [6.45, 7) is 0. The first-order valence-corrected chi connectivity index (χ1v) is 8.89. The fourth-order valence-corrected chi connectivity index (χ4v) is 4.03. The molecule has 1 atom stereocenters. The molecule has 0 aliphatic heterocycles. The summed E-state index contributed by atoms with van der Waals surface area (Å²) in [4.78, 5) is 27.4. The van der Waals surface area contributed by atoms with Crippen LogP contribution in [0.4, 0.5) is 0 Å². The quantitative estimate of drug-likeness (QED) is 0.797. The normalized spacial score (nSPS) is 16.1. The van der Waals surface area contributed by atoms with Crippen molar-refractivity contribution < 1.29 is 19.1 Å². The Labute approximate surface area is 151 Å². The van der Waals surface area contributed by atoms with Crippen LogP contribution in [0.15, 0.2) is 18.3 Å². The highest BCUT2D eigenvalue weighted by Gasteiger charge is 2.29. The number of benzene rings is 1. The standard InChI is InChI=1S/C19H22ClNO4/c1-24-18(22)13(7-11-5-3-4-6-11)15-10-21-17-9-14(19(23)25-2)16(20)8-12(15)17/h8-11,13,21H,3-7H2,1-2H3. The van der Waals surface area contributed by atoms with Crippen LogP contribution in [0.2, 0.25) is 5.02 Å². The summed E-state index contributed by atoms with van der Waals surface area (Å²) in [7, 11) is 2.74. The van der Waals surface area contributed by atoms with Crippen LogP contribution in [-0.2, 0) is 14.3 Å². The van der Waals surface area contributed by atoms with Crippen LogP contribution in [0.1, 0.15) is 53.9 Å². The van der Waals surface area contributed by atoms with Gasteiger partial charge >= 0.3 is 11.9 Å². The van der Waals surface area contributed by atoms with Gasteiger partial charge in [0.05, 0.1) is 30.7 Å². The number of carbonyl (C=O) groups is 2. The second kappa shape index (κ2) is 7.48. The predicted molar refractivity (Wildman–Crippen MR) is 96.0 cm³/mol. The van der Waals surface area contributed by atoms with Crippen molar-refractivity contribution in [2.24, 2.45) is 5.92 Å². The third kappa shape index (κ3) is 3.52. The van der Waals surface area contributed by atoms with Crippen molar-refractivity contribution in [3.8, 4) is 0 Å². The summed E-state index contributed by atoms with van der Waals surface area (Å²) in [6, 6.07) is 3.39. The number of methoxy groups -OCH3 is 2. The molecule has 1 saturated carbocycles.